The highest BCUT2D eigenvalue weighted by molar-refractivity contribution is 6.58. The highest BCUT2D eigenvalue weighted by Gasteiger charge is 2.09. The summed E-state index contributed by atoms with van der Waals surface area (Å²) in [5.74, 6) is 0. The maximum atomic E-state index is 4.93. The Morgan fingerprint density at radius 2 is 1.33 bits per heavy atom. The van der Waals surface area contributed by atoms with Gasteiger partial charge >= 0.3 is 0 Å². The lowest BCUT2D eigenvalue weighted by molar-refractivity contribution is -0.0375. The SMILES string of the molecule is CC1CCO1.CCC[SiH](CCC)CCC. The van der Waals surface area contributed by atoms with E-state index < -0.39 is 0 Å². The molecular formula is C13H30OSi. The maximum Gasteiger partial charge on any atom is 0.0568 e. The lowest BCUT2D eigenvalue weighted by Crippen LogP contribution is -2.22. The van der Waals surface area contributed by atoms with E-state index in [0.29, 0.717) is 6.10 Å². The van der Waals surface area contributed by atoms with E-state index in [1.165, 1.54) is 25.7 Å². The Morgan fingerprint density at radius 3 is 1.47 bits per heavy atom. The van der Waals surface area contributed by atoms with Crippen LogP contribution in [0.4, 0.5) is 0 Å². The molecule has 0 saturated carbocycles. The Balaban J connectivity index is 0.000000322. The molecule has 0 radical (unpaired) electrons. The van der Waals surface area contributed by atoms with Gasteiger partial charge in [-0.1, -0.05) is 58.2 Å². The van der Waals surface area contributed by atoms with Crippen LogP contribution in [0.5, 0.6) is 0 Å². The molecule has 1 saturated heterocycles. The van der Waals surface area contributed by atoms with Crippen LogP contribution in [0, 0.1) is 0 Å². The summed E-state index contributed by atoms with van der Waals surface area (Å²) in [5, 5.41) is 0. The van der Waals surface area contributed by atoms with Crippen LogP contribution in [0.15, 0.2) is 0 Å². The second-order valence-corrected chi connectivity index (χ2v) is 8.17. The second-order valence-electron chi connectivity index (χ2n) is 4.70. The Labute approximate surface area is 98.2 Å². The van der Waals surface area contributed by atoms with E-state index in [9.17, 15) is 0 Å². The van der Waals surface area contributed by atoms with Gasteiger partial charge in [0.25, 0.3) is 0 Å². The molecule has 15 heavy (non-hydrogen) atoms. The molecule has 1 aliphatic heterocycles. The summed E-state index contributed by atoms with van der Waals surface area (Å²) in [7, 11) is -0.234. The topological polar surface area (TPSA) is 9.23 Å². The van der Waals surface area contributed by atoms with Gasteiger partial charge in [-0.2, -0.15) is 0 Å². The van der Waals surface area contributed by atoms with Gasteiger partial charge < -0.3 is 4.74 Å². The van der Waals surface area contributed by atoms with Crippen molar-refractivity contribution in [2.75, 3.05) is 6.61 Å². The molecule has 0 N–H and O–H groups in total. The number of ether oxygens (including phenoxy) is 1. The third kappa shape index (κ3) is 9.13. The molecule has 1 heterocycles. The van der Waals surface area contributed by atoms with Gasteiger partial charge in [0.1, 0.15) is 0 Å². The molecule has 1 unspecified atom stereocenters. The van der Waals surface area contributed by atoms with Crippen molar-refractivity contribution in [2.45, 2.75) is 77.6 Å². The van der Waals surface area contributed by atoms with Crippen LogP contribution < -0.4 is 0 Å². The highest BCUT2D eigenvalue weighted by atomic mass is 28.3. The molecule has 1 atom stereocenters. The van der Waals surface area contributed by atoms with Crippen molar-refractivity contribution < 1.29 is 4.74 Å². The fourth-order valence-corrected chi connectivity index (χ4v) is 5.33. The highest BCUT2D eigenvalue weighted by Crippen LogP contribution is 2.11. The van der Waals surface area contributed by atoms with Crippen LogP contribution in [-0.2, 0) is 4.74 Å². The third-order valence-electron chi connectivity index (χ3n) is 3.02. The van der Waals surface area contributed by atoms with Crippen LogP contribution in [0.3, 0.4) is 0 Å². The molecule has 0 bridgehead atoms. The van der Waals surface area contributed by atoms with Crippen molar-refractivity contribution in [1.29, 1.82) is 0 Å². The van der Waals surface area contributed by atoms with Crippen LogP contribution in [0.2, 0.25) is 18.1 Å². The lowest BCUT2D eigenvalue weighted by atomic mass is 10.2. The normalized spacial score (nSPS) is 19.4. The molecule has 0 amide bonds. The van der Waals surface area contributed by atoms with Gasteiger partial charge in [0, 0.05) is 15.4 Å². The Bertz CT molecular complexity index is 109. The van der Waals surface area contributed by atoms with Crippen LogP contribution >= 0.6 is 0 Å². The van der Waals surface area contributed by atoms with Gasteiger partial charge in [-0.25, -0.2) is 0 Å². The molecule has 0 aliphatic carbocycles. The predicted molar refractivity (Wildman–Crippen MR) is 72.5 cm³/mol. The van der Waals surface area contributed by atoms with Crippen molar-refractivity contribution in [3.05, 3.63) is 0 Å². The lowest BCUT2D eigenvalue weighted by Gasteiger charge is -2.20. The summed E-state index contributed by atoms with van der Waals surface area (Å²) >= 11 is 0. The van der Waals surface area contributed by atoms with E-state index in [-0.39, 0.29) is 8.80 Å². The summed E-state index contributed by atoms with van der Waals surface area (Å²) in [6.45, 7) is 10.0. The molecule has 1 fully saturated rings. The fraction of sp³-hybridized carbons (Fsp3) is 1.00. The monoisotopic (exact) mass is 230 g/mol. The average molecular weight is 230 g/mol. The van der Waals surface area contributed by atoms with Crippen LogP contribution in [0.25, 0.3) is 0 Å². The standard InChI is InChI=1S/C9H22Si.C4H8O/c1-4-7-10(8-5-2)9-6-3;1-4-2-3-5-4/h10H,4-9H2,1-3H3;4H,2-3H2,1H3. The molecule has 92 valence electrons. The molecular weight excluding hydrogens is 200 g/mol. The fourth-order valence-electron chi connectivity index (χ4n) is 2.01. The van der Waals surface area contributed by atoms with Gasteiger partial charge in [-0.15, -0.1) is 0 Å². The van der Waals surface area contributed by atoms with Crippen LogP contribution in [-0.4, -0.2) is 21.5 Å². The summed E-state index contributed by atoms with van der Waals surface area (Å²) in [6, 6.07) is 4.76. The Kier molecular flexibility index (Phi) is 10.8. The molecule has 1 rings (SSSR count). The average Bonchev–Trinajstić information content (AvgIpc) is 2.17. The predicted octanol–water partition coefficient (Wildman–Crippen LogP) is 4.24. The van der Waals surface area contributed by atoms with Gasteiger partial charge in [-0.3, -0.25) is 0 Å². The van der Waals surface area contributed by atoms with Crippen molar-refractivity contribution in [2.24, 2.45) is 0 Å². The number of hydrogen-bond acceptors (Lipinski definition) is 1. The van der Waals surface area contributed by atoms with E-state index >= 15 is 0 Å². The van der Waals surface area contributed by atoms with Gasteiger partial charge in [-0.05, 0) is 13.3 Å². The summed E-state index contributed by atoms with van der Waals surface area (Å²) < 4.78 is 4.93. The van der Waals surface area contributed by atoms with E-state index in [4.69, 9.17) is 4.74 Å². The number of rotatable bonds is 6. The second kappa shape index (κ2) is 10.7. The summed E-state index contributed by atoms with van der Waals surface area (Å²) in [4.78, 5) is 0. The van der Waals surface area contributed by atoms with E-state index in [2.05, 4.69) is 27.7 Å². The molecule has 2 heteroatoms. The minimum atomic E-state index is -0.234. The molecule has 0 aromatic carbocycles. The zero-order chi connectivity index (χ0) is 11.5. The molecule has 1 aliphatic rings. The van der Waals surface area contributed by atoms with Crippen molar-refractivity contribution in [3.8, 4) is 0 Å². The first-order valence-corrected chi connectivity index (χ1v) is 9.31. The largest absolute Gasteiger partial charge is 0.378 e. The minimum absolute atomic E-state index is 0.234. The Hall–Kier alpha value is 0.177. The van der Waals surface area contributed by atoms with Gasteiger partial charge in [0.2, 0.25) is 0 Å². The van der Waals surface area contributed by atoms with Crippen LogP contribution in [0.1, 0.15) is 53.4 Å². The minimum Gasteiger partial charge on any atom is -0.378 e. The van der Waals surface area contributed by atoms with E-state index in [1.807, 2.05) is 0 Å². The van der Waals surface area contributed by atoms with Gasteiger partial charge in [0.15, 0.2) is 0 Å². The van der Waals surface area contributed by atoms with Crippen molar-refractivity contribution in [1.82, 2.24) is 0 Å². The molecule has 0 aromatic rings. The van der Waals surface area contributed by atoms with E-state index in [0.717, 1.165) is 6.61 Å². The number of hydrogen-bond donors (Lipinski definition) is 0. The third-order valence-corrected chi connectivity index (χ3v) is 7.20. The first kappa shape index (κ1) is 15.2. The first-order valence-electron chi connectivity index (χ1n) is 6.86. The summed E-state index contributed by atoms with van der Waals surface area (Å²) in [6.07, 6.45) is 6.11. The quantitative estimate of drug-likeness (QED) is 0.620. The smallest absolute Gasteiger partial charge is 0.0568 e. The molecule has 1 nitrogen and oxygen atoms in total. The summed E-state index contributed by atoms with van der Waals surface area (Å²) in [5.41, 5.74) is 0. The van der Waals surface area contributed by atoms with Crippen molar-refractivity contribution >= 4 is 8.80 Å². The molecule has 0 spiro atoms. The zero-order valence-corrected chi connectivity index (χ0v) is 12.4. The zero-order valence-electron chi connectivity index (χ0n) is 11.2. The Morgan fingerprint density at radius 1 is 1.00 bits per heavy atom. The van der Waals surface area contributed by atoms with E-state index in [1.54, 1.807) is 18.1 Å². The first-order chi connectivity index (χ1) is 7.24. The van der Waals surface area contributed by atoms with Gasteiger partial charge in [0.05, 0.1) is 6.10 Å². The molecule has 0 aromatic heterocycles. The maximum absolute atomic E-state index is 4.93. The van der Waals surface area contributed by atoms with Crippen molar-refractivity contribution in [3.63, 3.8) is 0 Å².